The van der Waals surface area contributed by atoms with Gasteiger partial charge in [-0.25, -0.2) is 0 Å². The molecule has 17 heavy (non-hydrogen) atoms. The van der Waals surface area contributed by atoms with Crippen LogP contribution in [0.1, 0.15) is 40.0 Å². The van der Waals surface area contributed by atoms with Crippen LogP contribution >= 0.6 is 25.3 Å². The highest BCUT2D eigenvalue weighted by atomic mass is 32.1. The van der Waals surface area contributed by atoms with E-state index in [4.69, 9.17) is 9.47 Å². The number of carbonyl (C=O) groups is 2. The third-order valence-electron chi connectivity index (χ3n) is 1.97. The van der Waals surface area contributed by atoms with E-state index in [1.165, 1.54) is 0 Å². The van der Waals surface area contributed by atoms with Crippen molar-refractivity contribution in [2.24, 2.45) is 0 Å². The molecule has 6 heteroatoms. The smallest absolute Gasteiger partial charge is 0.321 e. The molecule has 0 bridgehead atoms. The van der Waals surface area contributed by atoms with Crippen molar-refractivity contribution >= 4 is 37.2 Å². The number of thiol groups is 2. The summed E-state index contributed by atoms with van der Waals surface area (Å²) in [6.07, 6.45) is 1.40. The van der Waals surface area contributed by atoms with Crippen LogP contribution in [0.15, 0.2) is 0 Å². The highest BCUT2D eigenvalue weighted by molar-refractivity contribution is 7.82. The number of ether oxygens (including phenoxy) is 2. The van der Waals surface area contributed by atoms with Crippen LogP contribution < -0.4 is 0 Å². The van der Waals surface area contributed by atoms with Crippen LogP contribution in [0.3, 0.4) is 0 Å². The van der Waals surface area contributed by atoms with Crippen LogP contribution in [0.4, 0.5) is 0 Å². The zero-order valence-electron chi connectivity index (χ0n) is 10.4. The molecule has 0 aromatic rings. The second-order valence-corrected chi connectivity index (χ2v) is 5.35. The summed E-state index contributed by atoms with van der Waals surface area (Å²) in [7, 11) is 0. The molecule has 0 aliphatic rings. The van der Waals surface area contributed by atoms with Gasteiger partial charge in [0.05, 0.1) is 10.5 Å². The average Bonchev–Trinajstić information content (AvgIpc) is 2.25. The molecule has 100 valence electrons. The average molecular weight is 280 g/mol. The van der Waals surface area contributed by atoms with Crippen molar-refractivity contribution in [2.75, 3.05) is 0 Å². The van der Waals surface area contributed by atoms with Gasteiger partial charge >= 0.3 is 11.9 Å². The molecule has 0 aromatic carbocycles. The third kappa shape index (κ3) is 7.54. The van der Waals surface area contributed by atoms with Crippen LogP contribution in [0.5, 0.6) is 0 Å². The maximum atomic E-state index is 11.4. The topological polar surface area (TPSA) is 52.6 Å². The Kier molecular flexibility index (Phi) is 8.51. The second kappa shape index (κ2) is 8.69. The Morgan fingerprint density at radius 2 is 1.47 bits per heavy atom. The predicted molar refractivity (Wildman–Crippen MR) is 72.4 cm³/mol. The van der Waals surface area contributed by atoms with Crippen LogP contribution in [-0.2, 0) is 19.1 Å². The maximum Gasteiger partial charge on any atom is 0.321 e. The zero-order valence-corrected chi connectivity index (χ0v) is 12.2. The van der Waals surface area contributed by atoms with Crippen molar-refractivity contribution < 1.29 is 19.1 Å². The van der Waals surface area contributed by atoms with Crippen molar-refractivity contribution in [2.45, 2.75) is 56.8 Å². The highest BCUT2D eigenvalue weighted by Crippen LogP contribution is 2.11. The zero-order chi connectivity index (χ0) is 13.4. The van der Waals surface area contributed by atoms with Crippen LogP contribution in [-0.4, -0.2) is 28.7 Å². The minimum absolute atomic E-state index is 0.492. The molecular weight excluding hydrogens is 260 g/mol. The quantitative estimate of drug-likeness (QED) is 0.426. The van der Waals surface area contributed by atoms with Crippen molar-refractivity contribution in [1.29, 1.82) is 0 Å². The Morgan fingerprint density at radius 1 is 1.06 bits per heavy atom. The fourth-order valence-electron chi connectivity index (χ4n) is 0.969. The van der Waals surface area contributed by atoms with Crippen LogP contribution in [0, 0.1) is 0 Å². The van der Waals surface area contributed by atoms with E-state index in [9.17, 15) is 9.59 Å². The fraction of sp³-hybridized carbons (Fsp3) is 0.818. The summed E-state index contributed by atoms with van der Waals surface area (Å²) in [5.41, 5.74) is 0. The Bertz CT molecular complexity index is 232. The first-order chi connectivity index (χ1) is 7.88. The Morgan fingerprint density at radius 3 is 1.76 bits per heavy atom. The summed E-state index contributed by atoms with van der Waals surface area (Å²) < 4.78 is 10.1. The van der Waals surface area contributed by atoms with E-state index in [0.717, 1.165) is 12.8 Å². The molecular formula is C11H20O4S2. The summed E-state index contributed by atoms with van der Waals surface area (Å²) in [6, 6.07) is 0. The molecule has 0 radical (unpaired) electrons. The number of esters is 2. The highest BCUT2D eigenvalue weighted by Gasteiger charge is 2.22. The summed E-state index contributed by atoms with van der Waals surface area (Å²) >= 11 is 7.92. The van der Waals surface area contributed by atoms with Gasteiger partial charge in [0.1, 0.15) is 0 Å². The second-order valence-electron chi connectivity index (χ2n) is 3.80. The van der Waals surface area contributed by atoms with Crippen molar-refractivity contribution in [1.82, 2.24) is 0 Å². The van der Waals surface area contributed by atoms with Gasteiger partial charge in [-0.05, 0) is 20.3 Å². The normalized spacial score (nSPS) is 15.8. The maximum absolute atomic E-state index is 11.4. The lowest BCUT2D eigenvalue weighted by Gasteiger charge is -2.19. The van der Waals surface area contributed by atoms with E-state index in [1.54, 1.807) is 13.8 Å². The van der Waals surface area contributed by atoms with Gasteiger partial charge < -0.3 is 9.47 Å². The Hall–Kier alpha value is -0.360. The van der Waals surface area contributed by atoms with Gasteiger partial charge in [0.15, 0.2) is 0 Å². The molecule has 0 aliphatic carbocycles. The van der Waals surface area contributed by atoms with E-state index in [0.29, 0.717) is 6.42 Å². The van der Waals surface area contributed by atoms with Gasteiger partial charge in [-0.15, -0.1) is 0 Å². The van der Waals surface area contributed by atoms with E-state index in [1.807, 2.05) is 6.92 Å². The van der Waals surface area contributed by atoms with Gasteiger partial charge in [0, 0.05) is 6.42 Å². The number of hydrogen-bond donors (Lipinski definition) is 2. The summed E-state index contributed by atoms with van der Waals surface area (Å²) in [6.45, 7) is 5.21. The van der Waals surface area contributed by atoms with E-state index >= 15 is 0 Å². The van der Waals surface area contributed by atoms with Gasteiger partial charge in [0.2, 0.25) is 6.29 Å². The Labute approximate surface area is 113 Å². The molecule has 0 saturated heterocycles. The largest absolute Gasteiger partial charge is 0.424 e. The lowest BCUT2D eigenvalue weighted by Crippen LogP contribution is -2.30. The lowest BCUT2D eigenvalue weighted by atomic mass is 10.2. The van der Waals surface area contributed by atoms with Gasteiger partial charge in [-0.2, -0.15) is 25.3 Å². The van der Waals surface area contributed by atoms with Crippen LogP contribution in [0.25, 0.3) is 0 Å². The Balaban J connectivity index is 4.32. The van der Waals surface area contributed by atoms with Crippen LogP contribution in [0.2, 0.25) is 0 Å². The number of carbonyl (C=O) groups excluding carboxylic acids is 2. The fourth-order valence-corrected chi connectivity index (χ4v) is 1.09. The molecule has 0 fully saturated rings. The number of unbranched alkanes of at least 4 members (excludes halogenated alkanes) is 1. The van der Waals surface area contributed by atoms with Crippen molar-refractivity contribution in [3.63, 3.8) is 0 Å². The van der Waals surface area contributed by atoms with Crippen molar-refractivity contribution in [3.05, 3.63) is 0 Å². The molecule has 0 aliphatic heterocycles. The van der Waals surface area contributed by atoms with Crippen molar-refractivity contribution in [3.8, 4) is 0 Å². The predicted octanol–water partition coefficient (Wildman–Crippen LogP) is 2.23. The molecule has 4 nitrogen and oxygen atoms in total. The van der Waals surface area contributed by atoms with E-state index < -0.39 is 28.7 Å². The molecule has 0 heterocycles. The molecule has 2 atom stereocenters. The van der Waals surface area contributed by atoms with E-state index in [2.05, 4.69) is 25.3 Å². The third-order valence-corrected chi connectivity index (χ3v) is 2.39. The molecule has 0 aromatic heterocycles. The first-order valence-corrected chi connectivity index (χ1v) is 6.68. The lowest BCUT2D eigenvalue weighted by molar-refractivity contribution is -0.188. The number of rotatable bonds is 7. The first-order valence-electron chi connectivity index (χ1n) is 5.65. The summed E-state index contributed by atoms with van der Waals surface area (Å²) in [5, 5.41) is -1.07. The minimum atomic E-state index is -0.834. The number of hydrogen-bond acceptors (Lipinski definition) is 6. The molecule has 0 spiro atoms. The standard InChI is InChI=1S/C11H20O4S2/c1-4-5-6-9(14-10(12)7(2)16)15-11(13)8(3)17/h7-9,16-17H,4-6H2,1-3H3. The minimum Gasteiger partial charge on any atom is -0.424 e. The summed E-state index contributed by atoms with van der Waals surface area (Å²) in [4.78, 5) is 22.7. The van der Waals surface area contributed by atoms with Gasteiger partial charge in [0.25, 0.3) is 0 Å². The molecule has 0 N–H and O–H groups in total. The summed E-state index contributed by atoms with van der Waals surface area (Å²) in [5.74, 6) is -0.983. The first kappa shape index (κ1) is 16.6. The van der Waals surface area contributed by atoms with E-state index in [-0.39, 0.29) is 0 Å². The monoisotopic (exact) mass is 280 g/mol. The molecule has 0 saturated carbocycles. The molecule has 0 amide bonds. The van der Waals surface area contributed by atoms with Gasteiger partial charge in [-0.1, -0.05) is 13.3 Å². The molecule has 0 rings (SSSR count). The SMILES string of the molecule is CCCCC(OC(=O)C(C)S)OC(=O)C(C)S. The molecule has 2 unspecified atom stereocenters. The van der Waals surface area contributed by atoms with Gasteiger partial charge in [-0.3, -0.25) is 9.59 Å².